The second-order valence-corrected chi connectivity index (χ2v) is 9.49. The minimum Gasteiger partial charge on any atom is -0.376 e. The molecule has 0 aromatic heterocycles. The van der Waals surface area contributed by atoms with Gasteiger partial charge in [-0.15, -0.1) is 4.40 Å². The molecule has 30 heavy (non-hydrogen) atoms. The first-order chi connectivity index (χ1) is 14.4. The molecule has 9 heteroatoms. The van der Waals surface area contributed by atoms with E-state index in [1.54, 1.807) is 23.3 Å². The molecule has 1 aromatic carbocycles. The number of carbonyl (C=O) groups is 1. The SMILES string of the molecule is CC1CN(Cc2cccc(CNC(=O)C3=CC=CN4CCS(=O)(=O)N=C34)c2)CCO1. The molecule has 1 unspecified atom stereocenters. The van der Waals surface area contributed by atoms with Crippen molar-refractivity contribution in [2.24, 2.45) is 4.40 Å². The van der Waals surface area contributed by atoms with Gasteiger partial charge in [0.1, 0.15) is 0 Å². The van der Waals surface area contributed by atoms with E-state index >= 15 is 0 Å². The third-order valence-electron chi connectivity index (χ3n) is 5.28. The van der Waals surface area contributed by atoms with E-state index < -0.39 is 10.0 Å². The molecule has 1 saturated heterocycles. The van der Waals surface area contributed by atoms with E-state index in [0.29, 0.717) is 13.1 Å². The zero-order valence-electron chi connectivity index (χ0n) is 17.0. The summed E-state index contributed by atoms with van der Waals surface area (Å²) in [4.78, 5) is 16.8. The van der Waals surface area contributed by atoms with E-state index in [-0.39, 0.29) is 29.2 Å². The first-order valence-electron chi connectivity index (χ1n) is 10.1. The number of amides is 1. The van der Waals surface area contributed by atoms with Gasteiger partial charge in [-0.2, -0.15) is 0 Å². The van der Waals surface area contributed by atoms with Crippen molar-refractivity contribution in [3.8, 4) is 0 Å². The second-order valence-electron chi connectivity index (χ2n) is 7.74. The predicted molar refractivity (Wildman–Crippen MR) is 114 cm³/mol. The van der Waals surface area contributed by atoms with Crippen molar-refractivity contribution >= 4 is 21.8 Å². The monoisotopic (exact) mass is 430 g/mol. The van der Waals surface area contributed by atoms with E-state index in [9.17, 15) is 13.2 Å². The molecule has 3 aliphatic heterocycles. The number of hydrogen-bond acceptors (Lipinski definition) is 6. The Labute approximate surface area is 177 Å². The first-order valence-corrected chi connectivity index (χ1v) is 11.7. The van der Waals surface area contributed by atoms with Crippen molar-refractivity contribution in [3.05, 3.63) is 59.3 Å². The summed E-state index contributed by atoms with van der Waals surface area (Å²) in [6.07, 6.45) is 5.31. The fraction of sp³-hybridized carbons (Fsp3) is 0.429. The van der Waals surface area contributed by atoms with Gasteiger partial charge < -0.3 is 15.0 Å². The van der Waals surface area contributed by atoms with Crippen molar-refractivity contribution in [2.75, 3.05) is 32.0 Å². The molecule has 0 radical (unpaired) electrons. The van der Waals surface area contributed by atoms with Gasteiger partial charge in [0.2, 0.25) is 0 Å². The number of amidine groups is 1. The molecule has 1 N–H and O–H groups in total. The summed E-state index contributed by atoms with van der Waals surface area (Å²) in [5, 5.41) is 2.89. The van der Waals surface area contributed by atoms with Gasteiger partial charge in [-0.25, -0.2) is 8.42 Å². The number of benzene rings is 1. The number of allylic oxidation sites excluding steroid dienone is 2. The Balaban J connectivity index is 1.40. The molecule has 1 fully saturated rings. The zero-order valence-corrected chi connectivity index (χ0v) is 17.8. The molecule has 8 nitrogen and oxygen atoms in total. The summed E-state index contributed by atoms with van der Waals surface area (Å²) in [7, 11) is -3.53. The van der Waals surface area contributed by atoms with Crippen LogP contribution in [0, 0.1) is 0 Å². The molecule has 3 heterocycles. The van der Waals surface area contributed by atoms with Crippen LogP contribution >= 0.6 is 0 Å². The predicted octanol–water partition coefficient (Wildman–Crippen LogP) is 1.02. The molecule has 1 aromatic rings. The summed E-state index contributed by atoms with van der Waals surface area (Å²) in [5.74, 6) is -0.200. The van der Waals surface area contributed by atoms with Crippen LogP contribution in [0.2, 0.25) is 0 Å². The third kappa shape index (κ3) is 4.97. The maximum absolute atomic E-state index is 12.7. The van der Waals surface area contributed by atoms with Crippen molar-refractivity contribution < 1.29 is 17.9 Å². The van der Waals surface area contributed by atoms with E-state index in [4.69, 9.17) is 4.74 Å². The molecule has 0 bridgehead atoms. The lowest BCUT2D eigenvalue weighted by atomic mass is 10.1. The van der Waals surface area contributed by atoms with Gasteiger partial charge in [0.15, 0.2) is 5.84 Å². The molecular weight excluding hydrogens is 404 g/mol. The molecule has 0 saturated carbocycles. The van der Waals surface area contributed by atoms with E-state index in [2.05, 4.69) is 33.7 Å². The van der Waals surface area contributed by atoms with Gasteiger partial charge >= 0.3 is 0 Å². The van der Waals surface area contributed by atoms with Crippen LogP contribution in [0.3, 0.4) is 0 Å². The average Bonchev–Trinajstić information content (AvgIpc) is 2.71. The minimum absolute atomic E-state index is 0.0511. The number of morpholine rings is 1. The molecule has 1 atom stereocenters. The minimum atomic E-state index is -3.53. The summed E-state index contributed by atoms with van der Waals surface area (Å²) < 4.78 is 33.1. The number of fused-ring (bicyclic) bond motifs is 1. The Bertz CT molecular complexity index is 1020. The lowest BCUT2D eigenvalue weighted by Gasteiger charge is -2.31. The summed E-state index contributed by atoms with van der Waals surface area (Å²) in [5.41, 5.74) is 2.44. The maximum atomic E-state index is 12.7. The number of hydrogen-bond donors (Lipinski definition) is 1. The third-order valence-corrected chi connectivity index (χ3v) is 6.43. The van der Waals surface area contributed by atoms with Gasteiger partial charge in [-0.05, 0) is 30.2 Å². The summed E-state index contributed by atoms with van der Waals surface area (Å²) in [6.45, 7) is 6.14. The van der Waals surface area contributed by atoms with E-state index in [1.165, 1.54) is 5.56 Å². The zero-order chi connectivity index (χ0) is 21.1. The standard InChI is InChI=1S/C21H26N4O4S/c1-16-14-24(8-10-29-16)15-18-5-2-4-17(12-18)13-22-21(26)19-6-3-7-25-9-11-30(27,28)23-20(19)25/h2-7,12,16H,8-11,13-15H2,1H3,(H,22,26). The summed E-state index contributed by atoms with van der Waals surface area (Å²) >= 11 is 0. The van der Waals surface area contributed by atoms with Gasteiger partial charge in [-0.3, -0.25) is 9.69 Å². The number of nitrogens with zero attached hydrogens (tertiary/aromatic N) is 3. The number of nitrogens with one attached hydrogen (secondary N) is 1. The van der Waals surface area contributed by atoms with E-state index in [0.717, 1.165) is 31.8 Å². The van der Waals surface area contributed by atoms with Gasteiger partial charge in [0, 0.05) is 38.9 Å². The number of carbonyl (C=O) groups excluding carboxylic acids is 1. The van der Waals surface area contributed by atoms with Crippen LogP contribution in [-0.4, -0.2) is 68.1 Å². The van der Waals surface area contributed by atoms with Crippen molar-refractivity contribution in [1.29, 1.82) is 0 Å². The van der Waals surface area contributed by atoms with Crippen LogP contribution in [0.4, 0.5) is 0 Å². The Morgan fingerprint density at radius 1 is 1.30 bits per heavy atom. The largest absolute Gasteiger partial charge is 0.376 e. The highest BCUT2D eigenvalue weighted by atomic mass is 32.2. The highest BCUT2D eigenvalue weighted by Crippen LogP contribution is 2.18. The fourth-order valence-corrected chi connectivity index (χ4v) is 4.79. The maximum Gasteiger partial charge on any atom is 0.256 e. The lowest BCUT2D eigenvalue weighted by molar-refractivity contribution is -0.117. The first kappa shape index (κ1) is 20.8. The number of ether oxygens (including phenoxy) is 1. The van der Waals surface area contributed by atoms with Crippen LogP contribution in [0.15, 0.2) is 52.6 Å². The van der Waals surface area contributed by atoms with Crippen LogP contribution in [0.25, 0.3) is 0 Å². The normalized spacial score (nSPS) is 23.4. The van der Waals surface area contributed by atoms with Crippen molar-refractivity contribution in [1.82, 2.24) is 15.1 Å². The molecule has 160 valence electrons. The molecule has 0 aliphatic carbocycles. The molecule has 3 aliphatic rings. The fourth-order valence-electron chi connectivity index (χ4n) is 3.80. The Hall–Kier alpha value is -2.49. The number of sulfonamides is 1. The summed E-state index contributed by atoms with van der Waals surface area (Å²) in [6, 6.07) is 8.13. The number of rotatable bonds is 5. The Kier molecular flexibility index (Phi) is 6.03. The van der Waals surface area contributed by atoms with Crippen LogP contribution in [0.5, 0.6) is 0 Å². The highest BCUT2D eigenvalue weighted by molar-refractivity contribution is 7.90. The van der Waals surface area contributed by atoms with Gasteiger partial charge in [0.05, 0.1) is 24.0 Å². The average molecular weight is 431 g/mol. The topological polar surface area (TPSA) is 91.3 Å². The van der Waals surface area contributed by atoms with Crippen LogP contribution in [0.1, 0.15) is 18.1 Å². The highest BCUT2D eigenvalue weighted by Gasteiger charge is 2.29. The second kappa shape index (κ2) is 8.71. The molecular formula is C21H26N4O4S. The van der Waals surface area contributed by atoms with E-state index in [1.807, 2.05) is 12.1 Å². The quantitative estimate of drug-likeness (QED) is 0.750. The van der Waals surface area contributed by atoms with Crippen molar-refractivity contribution in [2.45, 2.75) is 26.1 Å². The molecule has 0 spiro atoms. The smallest absolute Gasteiger partial charge is 0.256 e. The Morgan fingerprint density at radius 3 is 2.97 bits per heavy atom. The van der Waals surface area contributed by atoms with Crippen LogP contribution in [-0.2, 0) is 32.6 Å². The van der Waals surface area contributed by atoms with Crippen LogP contribution < -0.4 is 5.32 Å². The Morgan fingerprint density at radius 2 is 2.13 bits per heavy atom. The lowest BCUT2D eigenvalue weighted by Crippen LogP contribution is -2.42. The van der Waals surface area contributed by atoms with Gasteiger partial charge in [-0.1, -0.05) is 24.3 Å². The van der Waals surface area contributed by atoms with Crippen molar-refractivity contribution in [3.63, 3.8) is 0 Å². The van der Waals surface area contributed by atoms with Gasteiger partial charge in [0.25, 0.3) is 15.9 Å². The molecule has 1 amide bonds. The molecule has 4 rings (SSSR count).